The zero-order valence-electron chi connectivity index (χ0n) is 11.9. The van der Waals surface area contributed by atoms with E-state index < -0.39 is 0 Å². The zero-order valence-corrected chi connectivity index (χ0v) is 12.6. The largest absolute Gasteiger partial charge is 0.369 e. The third kappa shape index (κ3) is 3.92. The molecule has 6 nitrogen and oxygen atoms in total. The molecule has 0 aromatic carbocycles. The van der Waals surface area contributed by atoms with Crippen molar-refractivity contribution in [3.63, 3.8) is 0 Å². The number of pyridine rings is 1. The maximum absolute atomic E-state index is 12.2. The van der Waals surface area contributed by atoms with Crippen molar-refractivity contribution in [1.82, 2.24) is 9.88 Å². The second-order valence-electron chi connectivity index (χ2n) is 5.22. The molecule has 2 heterocycles. The van der Waals surface area contributed by atoms with Crippen LogP contribution in [0.5, 0.6) is 0 Å². The van der Waals surface area contributed by atoms with Gasteiger partial charge in [-0.1, -0.05) is 11.6 Å². The molecule has 0 unspecified atom stereocenters. The minimum Gasteiger partial charge on any atom is -0.369 e. The normalized spacial score (nSPS) is 18.2. The molecule has 1 aliphatic heterocycles. The Morgan fingerprint density at radius 1 is 1.48 bits per heavy atom. The Morgan fingerprint density at radius 3 is 2.71 bits per heavy atom. The lowest BCUT2D eigenvalue weighted by molar-refractivity contribution is -0.124. The number of rotatable bonds is 4. The summed E-state index contributed by atoms with van der Waals surface area (Å²) in [5.41, 5.74) is 5.81. The van der Waals surface area contributed by atoms with Crippen LogP contribution in [0.25, 0.3) is 0 Å². The van der Waals surface area contributed by atoms with E-state index in [1.54, 1.807) is 18.3 Å². The number of nitrogens with one attached hydrogen (secondary N) is 1. The number of halogens is 1. The van der Waals surface area contributed by atoms with Gasteiger partial charge in [-0.3, -0.25) is 14.5 Å². The Hall–Kier alpha value is -1.66. The van der Waals surface area contributed by atoms with E-state index in [2.05, 4.69) is 10.3 Å². The van der Waals surface area contributed by atoms with Gasteiger partial charge >= 0.3 is 0 Å². The number of nitrogens with zero attached hydrogens (tertiary/aromatic N) is 2. The molecular weight excluding hydrogens is 292 g/mol. The van der Waals surface area contributed by atoms with Crippen LogP contribution >= 0.6 is 11.6 Å². The summed E-state index contributed by atoms with van der Waals surface area (Å²) in [6.45, 7) is 3.20. The summed E-state index contributed by atoms with van der Waals surface area (Å²) in [6, 6.07) is 3.12. The van der Waals surface area contributed by atoms with Gasteiger partial charge in [0.15, 0.2) is 5.15 Å². The van der Waals surface area contributed by atoms with Crippen LogP contribution in [-0.2, 0) is 9.59 Å². The van der Waals surface area contributed by atoms with Gasteiger partial charge in [-0.15, -0.1) is 0 Å². The van der Waals surface area contributed by atoms with Crippen LogP contribution in [0.3, 0.4) is 0 Å². The van der Waals surface area contributed by atoms with Gasteiger partial charge in [-0.05, 0) is 45.0 Å². The van der Waals surface area contributed by atoms with E-state index in [0.717, 1.165) is 0 Å². The van der Waals surface area contributed by atoms with Crippen molar-refractivity contribution >= 4 is 29.1 Å². The molecule has 0 radical (unpaired) electrons. The standard InChI is InChI=1S/C14H19ClN4O2/c1-9(19-7-4-10(5-8-19)13(16)20)14(21)18-11-3-2-6-17-12(11)15/h2-3,6,9-10H,4-5,7-8H2,1H3,(H2,16,20)(H,18,21)/t9-/m0/s1. The lowest BCUT2D eigenvalue weighted by Gasteiger charge is -2.34. The Bertz CT molecular complexity index is 529. The fraction of sp³-hybridized carbons (Fsp3) is 0.500. The number of aromatic nitrogens is 1. The van der Waals surface area contributed by atoms with Gasteiger partial charge in [0.2, 0.25) is 11.8 Å². The maximum atomic E-state index is 12.2. The van der Waals surface area contributed by atoms with Crippen molar-refractivity contribution in [2.75, 3.05) is 18.4 Å². The second-order valence-corrected chi connectivity index (χ2v) is 5.58. The minimum absolute atomic E-state index is 0.0794. The predicted octanol–water partition coefficient (Wildman–Crippen LogP) is 1.26. The SMILES string of the molecule is C[C@@H](C(=O)Nc1cccnc1Cl)N1CCC(C(N)=O)CC1. The number of amides is 2. The van der Waals surface area contributed by atoms with E-state index in [1.807, 2.05) is 11.8 Å². The molecule has 7 heteroatoms. The number of piperidine rings is 1. The molecule has 0 bridgehead atoms. The van der Waals surface area contributed by atoms with Gasteiger partial charge in [0.25, 0.3) is 0 Å². The van der Waals surface area contributed by atoms with Crippen molar-refractivity contribution in [2.24, 2.45) is 11.7 Å². The summed E-state index contributed by atoms with van der Waals surface area (Å²) < 4.78 is 0. The van der Waals surface area contributed by atoms with Gasteiger partial charge in [-0.25, -0.2) is 4.98 Å². The number of primary amides is 1. The molecule has 2 amide bonds. The Labute approximate surface area is 128 Å². The number of hydrogen-bond acceptors (Lipinski definition) is 4. The first-order chi connectivity index (χ1) is 9.99. The first-order valence-corrected chi connectivity index (χ1v) is 7.31. The van der Waals surface area contributed by atoms with Crippen LogP contribution in [-0.4, -0.2) is 40.8 Å². The molecule has 1 atom stereocenters. The fourth-order valence-electron chi connectivity index (χ4n) is 2.45. The summed E-state index contributed by atoms with van der Waals surface area (Å²) >= 11 is 5.92. The van der Waals surface area contributed by atoms with Crippen molar-refractivity contribution in [3.8, 4) is 0 Å². The average molecular weight is 311 g/mol. The highest BCUT2D eigenvalue weighted by Crippen LogP contribution is 2.21. The number of hydrogen-bond donors (Lipinski definition) is 2. The van der Waals surface area contributed by atoms with Crippen LogP contribution in [0.2, 0.25) is 5.15 Å². The van der Waals surface area contributed by atoms with E-state index in [1.165, 1.54) is 0 Å². The highest BCUT2D eigenvalue weighted by atomic mass is 35.5. The average Bonchev–Trinajstić information content (AvgIpc) is 2.49. The third-order valence-corrected chi connectivity index (χ3v) is 4.18. The Morgan fingerprint density at radius 2 is 2.14 bits per heavy atom. The van der Waals surface area contributed by atoms with E-state index >= 15 is 0 Å². The van der Waals surface area contributed by atoms with E-state index in [9.17, 15) is 9.59 Å². The molecule has 3 N–H and O–H groups in total. The number of carbonyl (C=O) groups is 2. The lowest BCUT2D eigenvalue weighted by atomic mass is 9.95. The quantitative estimate of drug-likeness (QED) is 0.819. The van der Waals surface area contributed by atoms with Gasteiger partial charge in [0.1, 0.15) is 0 Å². The summed E-state index contributed by atoms with van der Waals surface area (Å²) in [5.74, 6) is -0.472. The first kappa shape index (κ1) is 15.7. The van der Waals surface area contributed by atoms with E-state index in [4.69, 9.17) is 17.3 Å². The van der Waals surface area contributed by atoms with Gasteiger partial charge in [-0.2, -0.15) is 0 Å². The Kier molecular flexibility index (Phi) is 5.14. The molecule has 0 saturated carbocycles. The molecule has 1 saturated heterocycles. The number of anilines is 1. The van der Waals surface area contributed by atoms with Crippen LogP contribution < -0.4 is 11.1 Å². The van der Waals surface area contributed by atoms with E-state index in [0.29, 0.717) is 31.6 Å². The van der Waals surface area contributed by atoms with E-state index in [-0.39, 0.29) is 28.9 Å². The van der Waals surface area contributed by atoms with Crippen LogP contribution in [0.15, 0.2) is 18.3 Å². The molecular formula is C14H19ClN4O2. The first-order valence-electron chi connectivity index (χ1n) is 6.93. The van der Waals surface area contributed by atoms with Crippen molar-refractivity contribution < 1.29 is 9.59 Å². The summed E-state index contributed by atoms with van der Waals surface area (Å²) in [5, 5.41) is 3.04. The van der Waals surface area contributed by atoms with Crippen molar-refractivity contribution in [2.45, 2.75) is 25.8 Å². The Balaban J connectivity index is 1.92. The molecule has 0 aliphatic carbocycles. The minimum atomic E-state index is -0.296. The van der Waals surface area contributed by atoms with Gasteiger partial charge in [0, 0.05) is 12.1 Å². The number of nitrogens with two attached hydrogens (primary N) is 1. The summed E-state index contributed by atoms with van der Waals surface area (Å²) in [4.78, 5) is 29.4. The molecule has 1 fully saturated rings. The van der Waals surface area contributed by atoms with Gasteiger partial charge < -0.3 is 11.1 Å². The zero-order chi connectivity index (χ0) is 15.4. The monoisotopic (exact) mass is 310 g/mol. The third-order valence-electron chi connectivity index (χ3n) is 3.88. The predicted molar refractivity (Wildman–Crippen MR) is 80.8 cm³/mol. The topological polar surface area (TPSA) is 88.3 Å². The van der Waals surface area contributed by atoms with Crippen molar-refractivity contribution in [3.05, 3.63) is 23.5 Å². The van der Waals surface area contributed by atoms with Crippen LogP contribution in [0.4, 0.5) is 5.69 Å². The van der Waals surface area contributed by atoms with Crippen molar-refractivity contribution in [1.29, 1.82) is 0 Å². The number of carbonyl (C=O) groups excluding carboxylic acids is 2. The second kappa shape index (κ2) is 6.87. The molecule has 21 heavy (non-hydrogen) atoms. The highest BCUT2D eigenvalue weighted by molar-refractivity contribution is 6.32. The van der Waals surface area contributed by atoms with Gasteiger partial charge in [0.05, 0.1) is 11.7 Å². The number of likely N-dealkylation sites (tertiary alicyclic amines) is 1. The maximum Gasteiger partial charge on any atom is 0.241 e. The molecule has 1 aromatic heterocycles. The molecule has 2 rings (SSSR count). The fourth-order valence-corrected chi connectivity index (χ4v) is 2.62. The molecule has 0 spiro atoms. The summed E-state index contributed by atoms with van der Waals surface area (Å²) in [6.07, 6.45) is 2.96. The molecule has 1 aliphatic rings. The lowest BCUT2D eigenvalue weighted by Crippen LogP contribution is -2.47. The molecule has 1 aromatic rings. The summed E-state index contributed by atoms with van der Waals surface area (Å²) in [7, 11) is 0. The smallest absolute Gasteiger partial charge is 0.241 e. The molecule has 114 valence electrons. The van der Waals surface area contributed by atoms with Crippen LogP contribution in [0, 0.1) is 5.92 Å². The highest BCUT2D eigenvalue weighted by Gasteiger charge is 2.28. The van der Waals surface area contributed by atoms with Crippen LogP contribution in [0.1, 0.15) is 19.8 Å².